The van der Waals surface area contributed by atoms with E-state index in [0.29, 0.717) is 18.0 Å². The second-order valence-electron chi connectivity index (χ2n) is 12.1. The van der Waals surface area contributed by atoms with Crippen LogP contribution in [-0.4, -0.2) is 85.1 Å². The number of oxazole rings is 1. The molecule has 0 aliphatic carbocycles. The molecule has 1 aliphatic rings. The minimum atomic E-state index is -4.09. The fourth-order valence-corrected chi connectivity index (χ4v) is 6.97. The van der Waals surface area contributed by atoms with E-state index in [1.165, 1.54) is 19.2 Å². The third-order valence-electron chi connectivity index (χ3n) is 7.91. The molecule has 6 aromatic rings. The standard InChI is InChI=1S/C24H28N6O5S.C10H8O3S/c1-14-11-30(12-15(2)34-14)13-18-9-26-23(35-18)19-5-16(6-21-20(19)10-27-28-21)17-7-22(29-36(4,31)32)24(33-3)25-8-17;11-14(12,13)10-6-5-8-3-1-2-4-9(8)7-10/h5-10,14-15,29H,11-13H2,1-4H3,(H,27,28);1-7H,(H,11,12,13)/t14-,15+;. The Labute approximate surface area is 289 Å². The Kier molecular flexibility index (Phi) is 9.91. The molecule has 50 heavy (non-hydrogen) atoms. The molecule has 0 saturated carbocycles. The second kappa shape index (κ2) is 14.2. The van der Waals surface area contributed by atoms with Gasteiger partial charge in [-0.3, -0.25) is 19.3 Å². The van der Waals surface area contributed by atoms with Gasteiger partial charge in [-0.15, -0.1) is 0 Å². The second-order valence-corrected chi connectivity index (χ2v) is 15.2. The summed E-state index contributed by atoms with van der Waals surface area (Å²) in [5.41, 5.74) is 3.26. The van der Waals surface area contributed by atoms with E-state index >= 15 is 0 Å². The van der Waals surface area contributed by atoms with Crippen LogP contribution in [0.5, 0.6) is 5.88 Å². The van der Waals surface area contributed by atoms with Crippen molar-refractivity contribution in [1.29, 1.82) is 0 Å². The molecule has 0 radical (unpaired) electrons. The first-order valence-corrected chi connectivity index (χ1v) is 18.9. The Hall–Kier alpha value is -4.87. The van der Waals surface area contributed by atoms with Crippen LogP contribution in [0.3, 0.4) is 0 Å². The van der Waals surface area contributed by atoms with E-state index in [1.807, 2.05) is 30.3 Å². The van der Waals surface area contributed by atoms with Crippen LogP contribution in [0.2, 0.25) is 0 Å². The molecular weight excluding hydrogens is 685 g/mol. The van der Waals surface area contributed by atoms with Gasteiger partial charge in [-0.1, -0.05) is 30.3 Å². The van der Waals surface area contributed by atoms with Crippen molar-refractivity contribution in [3.8, 4) is 28.5 Å². The molecule has 14 nitrogen and oxygen atoms in total. The van der Waals surface area contributed by atoms with E-state index in [4.69, 9.17) is 18.4 Å². The number of hydrogen-bond acceptors (Lipinski definition) is 11. The molecule has 1 saturated heterocycles. The summed E-state index contributed by atoms with van der Waals surface area (Å²) in [6.07, 6.45) is 6.51. The quantitative estimate of drug-likeness (QED) is 0.171. The van der Waals surface area contributed by atoms with E-state index < -0.39 is 20.1 Å². The van der Waals surface area contributed by atoms with Gasteiger partial charge in [-0.05, 0) is 60.5 Å². The number of pyridine rings is 1. The number of H-pyrrole nitrogens is 1. The maximum absolute atomic E-state index is 11.8. The van der Waals surface area contributed by atoms with Crippen molar-refractivity contribution in [1.82, 2.24) is 25.1 Å². The van der Waals surface area contributed by atoms with Crippen LogP contribution in [0.15, 0.2) is 88.6 Å². The number of morpholine rings is 1. The largest absolute Gasteiger partial charge is 0.480 e. The SMILES string of the molecule is COc1ncc(-c2cc(-c3ncc(CN4C[C@@H](C)O[C@@H](C)C4)o3)c3cn[nH]c3c2)cc1NS(C)(=O)=O.O=S(=O)(O)c1ccc2ccccc2c1. The number of rotatable bonds is 8. The molecule has 4 heterocycles. The predicted molar refractivity (Wildman–Crippen MR) is 189 cm³/mol. The molecule has 0 spiro atoms. The molecule has 3 aromatic carbocycles. The molecule has 3 N–H and O–H groups in total. The highest BCUT2D eigenvalue weighted by Gasteiger charge is 2.24. The number of anilines is 1. The number of benzene rings is 3. The van der Waals surface area contributed by atoms with Crippen molar-refractivity contribution in [3.63, 3.8) is 0 Å². The molecule has 7 rings (SSSR count). The lowest BCUT2D eigenvalue weighted by Crippen LogP contribution is -2.44. The molecule has 1 fully saturated rings. The van der Waals surface area contributed by atoms with Crippen LogP contribution >= 0.6 is 0 Å². The van der Waals surface area contributed by atoms with Gasteiger partial charge in [-0.2, -0.15) is 13.5 Å². The first-order valence-electron chi connectivity index (χ1n) is 15.5. The van der Waals surface area contributed by atoms with Crippen molar-refractivity contribution in [2.75, 3.05) is 31.2 Å². The molecule has 0 amide bonds. The lowest BCUT2D eigenvalue weighted by Gasteiger charge is -2.34. The summed E-state index contributed by atoms with van der Waals surface area (Å²) in [4.78, 5) is 11.1. The number of sulfonamides is 1. The number of hydrogen-bond donors (Lipinski definition) is 3. The Morgan fingerprint density at radius 2 is 1.68 bits per heavy atom. The minimum absolute atomic E-state index is 0.0730. The van der Waals surface area contributed by atoms with E-state index in [-0.39, 0.29) is 28.7 Å². The maximum atomic E-state index is 11.8. The van der Waals surface area contributed by atoms with Crippen molar-refractivity contribution in [3.05, 3.63) is 85.0 Å². The zero-order chi connectivity index (χ0) is 35.6. The molecule has 262 valence electrons. The maximum Gasteiger partial charge on any atom is 0.294 e. The third kappa shape index (κ3) is 8.28. The summed E-state index contributed by atoms with van der Waals surface area (Å²) in [5.74, 6) is 1.42. The van der Waals surface area contributed by atoms with Crippen molar-refractivity contribution in [2.45, 2.75) is 37.5 Å². The lowest BCUT2D eigenvalue weighted by molar-refractivity contribution is -0.0718. The van der Waals surface area contributed by atoms with Crippen LogP contribution in [0.25, 0.3) is 44.3 Å². The Balaban J connectivity index is 0.000000257. The number of nitrogens with zero attached hydrogens (tertiary/aromatic N) is 4. The van der Waals surface area contributed by atoms with Crippen molar-refractivity contribution < 1.29 is 35.3 Å². The average Bonchev–Trinajstić information content (AvgIpc) is 3.73. The average molecular weight is 721 g/mol. The summed E-state index contributed by atoms with van der Waals surface area (Å²) in [6, 6.07) is 17.4. The molecule has 2 atom stereocenters. The number of aromatic nitrogens is 4. The van der Waals surface area contributed by atoms with Crippen LogP contribution in [0.4, 0.5) is 5.69 Å². The first kappa shape index (κ1) is 35.0. The number of ether oxygens (including phenoxy) is 2. The topological polar surface area (TPSA) is 190 Å². The normalized spacial score (nSPS) is 17.0. The number of aromatic amines is 1. The fraction of sp³-hybridized carbons (Fsp3) is 0.265. The van der Waals surface area contributed by atoms with Gasteiger partial charge < -0.3 is 13.9 Å². The first-order chi connectivity index (χ1) is 23.8. The summed E-state index contributed by atoms with van der Waals surface area (Å²) >= 11 is 0. The lowest BCUT2D eigenvalue weighted by atomic mass is 10.0. The van der Waals surface area contributed by atoms with Crippen LogP contribution < -0.4 is 9.46 Å². The van der Waals surface area contributed by atoms with Gasteiger partial charge >= 0.3 is 0 Å². The third-order valence-corrected chi connectivity index (χ3v) is 9.35. The highest BCUT2D eigenvalue weighted by molar-refractivity contribution is 7.92. The highest BCUT2D eigenvalue weighted by Crippen LogP contribution is 2.35. The van der Waals surface area contributed by atoms with Gasteiger partial charge in [0.05, 0.1) is 54.9 Å². The molecule has 0 bridgehead atoms. The fourth-order valence-electron chi connectivity index (χ4n) is 5.91. The van der Waals surface area contributed by atoms with E-state index in [0.717, 1.165) is 57.9 Å². The molecule has 3 aromatic heterocycles. The Morgan fingerprint density at radius 1 is 0.940 bits per heavy atom. The van der Waals surface area contributed by atoms with E-state index in [1.54, 1.807) is 36.8 Å². The van der Waals surface area contributed by atoms with Gasteiger partial charge in [0.25, 0.3) is 10.1 Å². The molecular formula is C34H36N6O8S2. The summed E-state index contributed by atoms with van der Waals surface area (Å²) in [6.45, 7) is 6.44. The highest BCUT2D eigenvalue weighted by atomic mass is 32.2. The zero-order valence-corrected chi connectivity index (χ0v) is 29.3. The molecule has 1 aliphatic heterocycles. The summed E-state index contributed by atoms with van der Waals surface area (Å²) in [5, 5.41) is 9.78. The van der Waals surface area contributed by atoms with Crippen molar-refractivity contribution in [2.24, 2.45) is 0 Å². The van der Waals surface area contributed by atoms with Crippen LogP contribution in [0, 0.1) is 0 Å². The summed E-state index contributed by atoms with van der Waals surface area (Å²) in [7, 11) is -6.19. The van der Waals surface area contributed by atoms with Gasteiger partial charge in [0.1, 0.15) is 11.4 Å². The zero-order valence-electron chi connectivity index (χ0n) is 27.7. The monoisotopic (exact) mass is 720 g/mol. The van der Waals surface area contributed by atoms with Gasteiger partial charge in [0.15, 0.2) is 0 Å². The number of methoxy groups -OCH3 is 1. The van der Waals surface area contributed by atoms with E-state index in [2.05, 4.69) is 43.6 Å². The van der Waals surface area contributed by atoms with Crippen LogP contribution in [0.1, 0.15) is 19.6 Å². The molecule has 16 heteroatoms. The molecule has 0 unspecified atom stereocenters. The smallest absolute Gasteiger partial charge is 0.294 e. The predicted octanol–water partition coefficient (Wildman–Crippen LogP) is 5.36. The number of nitrogens with one attached hydrogen (secondary N) is 2. The van der Waals surface area contributed by atoms with Gasteiger partial charge in [0.2, 0.25) is 21.8 Å². The van der Waals surface area contributed by atoms with Crippen molar-refractivity contribution >= 4 is 47.5 Å². The minimum Gasteiger partial charge on any atom is -0.480 e. The Morgan fingerprint density at radius 3 is 2.38 bits per heavy atom. The van der Waals surface area contributed by atoms with Gasteiger partial charge in [-0.25, -0.2) is 18.4 Å². The summed E-state index contributed by atoms with van der Waals surface area (Å²) < 4.78 is 73.8. The number of fused-ring (bicyclic) bond motifs is 2. The Bertz CT molecular complexity index is 2370. The van der Waals surface area contributed by atoms with E-state index in [9.17, 15) is 16.8 Å². The van der Waals surface area contributed by atoms with Crippen LogP contribution in [-0.2, 0) is 31.4 Å². The van der Waals surface area contributed by atoms with Gasteiger partial charge in [0, 0.05) is 35.8 Å².